The summed E-state index contributed by atoms with van der Waals surface area (Å²) in [5, 5.41) is 2.60. The van der Waals surface area contributed by atoms with Gasteiger partial charge in [0.05, 0.1) is 0 Å². The van der Waals surface area contributed by atoms with E-state index in [1.165, 1.54) is 75.8 Å². The van der Waals surface area contributed by atoms with E-state index in [2.05, 4.69) is 207 Å². The van der Waals surface area contributed by atoms with Crippen molar-refractivity contribution in [2.75, 3.05) is 4.90 Å². The Morgan fingerprint density at radius 2 is 0.925 bits per heavy atom. The van der Waals surface area contributed by atoms with Crippen molar-refractivity contribution >= 4 is 48.6 Å². The van der Waals surface area contributed by atoms with E-state index in [4.69, 9.17) is 0 Å². The van der Waals surface area contributed by atoms with Crippen LogP contribution < -0.4 is 4.90 Å². The molecule has 53 heavy (non-hydrogen) atoms. The Labute approximate surface area is 315 Å². The third-order valence-electron chi connectivity index (χ3n) is 11.1. The minimum atomic E-state index is -0.152. The molecule has 252 valence electrons. The van der Waals surface area contributed by atoms with Crippen LogP contribution in [0.25, 0.3) is 64.7 Å². The second kappa shape index (κ2) is 12.5. The summed E-state index contributed by atoms with van der Waals surface area (Å²) in [6, 6.07) is 69.0. The van der Waals surface area contributed by atoms with Gasteiger partial charge in [-0.2, -0.15) is 0 Å². The molecule has 10 rings (SSSR count). The molecule has 1 aromatic heterocycles. The van der Waals surface area contributed by atoms with Gasteiger partial charge in [0.1, 0.15) is 0 Å². The van der Waals surface area contributed by atoms with Crippen LogP contribution in [-0.4, -0.2) is 0 Å². The van der Waals surface area contributed by atoms with E-state index in [1.807, 2.05) is 11.3 Å². The standard InChI is InChI=1S/C51H37NS/c1-51(2)46-18-11-17-42(38-14-7-4-8-15-38)50(46)44-30-28-41(33-47(44)51)52(40-29-31-49-45(32-40)43-16-9-10-19-48(43)53-49)39-26-24-37(25-27-39)36-22-20-35(21-23-36)34-12-5-3-6-13-34/h3-33H,1-2H3. The van der Waals surface area contributed by atoms with Crippen LogP contribution in [0.4, 0.5) is 17.1 Å². The van der Waals surface area contributed by atoms with Crippen LogP contribution in [0.15, 0.2) is 188 Å². The molecule has 0 atom stereocenters. The predicted octanol–water partition coefficient (Wildman–Crippen LogP) is 14.8. The Morgan fingerprint density at radius 3 is 1.64 bits per heavy atom. The zero-order chi connectivity index (χ0) is 35.5. The van der Waals surface area contributed by atoms with Gasteiger partial charge < -0.3 is 4.90 Å². The van der Waals surface area contributed by atoms with Crippen molar-refractivity contribution in [2.24, 2.45) is 0 Å². The van der Waals surface area contributed by atoms with Crippen molar-refractivity contribution in [1.82, 2.24) is 0 Å². The highest BCUT2D eigenvalue weighted by molar-refractivity contribution is 7.25. The van der Waals surface area contributed by atoms with Gasteiger partial charge in [-0.25, -0.2) is 0 Å². The topological polar surface area (TPSA) is 3.24 Å². The third kappa shape index (κ3) is 5.29. The molecule has 9 aromatic rings. The number of fused-ring (bicyclic) bond motifs is 6. The highest BCUT2D eigenvalue weighted by Gasteiger charge is 2.37. The van der Waals surface area contributed by atoms with Gasteiger partial charge in [0, 0.05) is 42.6 Å². The number of anilines is 3. The van der Waals surface area contributed by atoms with Crippen molar-refractivity contribution in [3.8, 4) is 44.5 Å². The van der Waals surface area contributed by atoms with Crippen LogP contribution >= 0.6 is 11.3 Å². The average molecular weight is 696 g/mol. The highest BCUT2D eigenvalue weighted by Crippen LogP contribution is 2.54. The maximum atomic E-state index is 2.44. The molecule has 8 aromatic carbocycles. The number of hydrogen-bond donors (Lipinski definition) is 0. The molecular formula is C51H37NS. The summed E-state index contributed by atoms with van der Waals surface area (Å²) in [6.07, 6.45) is 0. The number of nitrogens with zero attached hydrogens (tertiary/aromatic N) is 1. The smallest absolute Gasteiger partial charge is 0.0468 e. The van der Waals surface area contributed by atoms with Crippen molar-refractivity contribution in [3.63, 3.8) is 0 Å². The van der Waals surface area contributed by atoms with Crippen LogP contribution in [0.3, 0.4) is 0 Å². The van der Waals surface area contributed by atoms with Crippen LogP contribution in [0.2, 0.25) is 0 Å². The molecule has 1 nitrogen and oxygen atoms in total. The normalized spacial score (nSPS) is 12.9. The molecule has 0 saturated carbocycles. The summed E-state index contributed by atoms with van der Waals surface area (Å²) in [5.74, 6) is 0. The molecule has 0 N–H and O–H groups in total. The van der Waals surface area contributed by atoms with Crippen LogP contribution in [0, 0.1) is 0 Å². The van der Waals surface area contributed by atoms with Crippen LogP contribution in [0.5, 0.6) is 0 Å². The van der Waals surface area contributed by atoms with Crippen LogP contribution in [0.1, 0.15) is 25.0 Å². The van der Waals surface area contributed by atoms with Gasteiger partial charge in [-0.15, -0.1) is 11.3 Å². The maximum Gasteiger partial charge on any atom is 0.0468 e. The fourth-order valence-corrected chi connectivity index (χ4v) is 9.45. The fraction of sp³-hybridized carbons (Fsp3) is 0.0588. The summed E-state index contributed by atoms with van der Waals surface area (Å²) in [4.78, 5) is 2.44. The van der Waals surface area contributed by atoms with Crippen molar-refractivity contribution in [2.45, 2.75) is 19.3 Å². The number of rotatable bonds is 6. The monoisotopic (exact) mass is 695 g/mol. The zero-order valence-corrected chi connectivity index (χ0v) is 30.6. The summed E-state index contributed by atoms with van der Waals surface area (Å²) in [7, 11) is 0. The fourth-order valence-electron chi connectivity index (χ4n) is 8.36. The maximum absolute atomic E-state index is 2.44. The Hall–Kier alpha value is -6.22. The van der Waals surface area contributed by atoms with Crippen molar-refractivity contribution in [1.29, 1.82) is 0 Å². The van der Waals surface area contributed by atoms with E-state index in [0.29, 0.717) is 0 Å². The molecule has 1 heterocycles. The molecule has 0 fully saturated rings. The molecule has 1 aliphatic carbocycles. The van der Waals surface area contributed by atoms with Gasteiger partial charge in [-0.1, -0.05) is 153 Å². The lowest BCUT2D eigenvalue weighted by Gasteiger charge is -2.28. The highest BCUT2D eigenvalue weighted by atomic mass is 32.1. The Morgan fingerprint density at radius 1 is 0.377 bits per heavy atom. The average Bonchev–Trinajstić information content (AvgIpc) is 3.70. The molecule has 0 unspecified atom stereocenters. The van der Waals surface area contributed by atoms with Crippen molar-refractivity contribution < 1.29 is 0 Å². The molecule has 0 saturated heterocycles. The lowest BCUT2D eigenvalue weighted by Crippen LogP contribution is -2.16. The minimum Gasteiger partial charge on any atom is -0.310 e. The third-order valence-corrected chi connectivity index (χ3v) is 12.2. The van der Waals surface area contributed by atoms with Gasteiger partial charge >= 0.3 is 0 Å². The number of benzene rings is 8. The van der Waals surface area contributed by atoms with Crippen molar-refractivity contribution in [3.05, 3.63) is 199 Å². The summed E-state index contributed by atoms with van der Waals surface area (Å²) >= 11 is 1.86. The molecular weight excluding hydrogens is 659 g/mol. The van der Waals surface area contributed by atoms with Gasteiger partial charge in [-0.3, -0.25) is 0 Å². The first kappa shape index (κ1) is 31.5. The van der Waals surface area contributed by atoms with Gasteiger partial charge in [0.15, 0.2) is 0 Å². The zero-order valence-electron chi connectivity index (χ0n) is 29.8. The SMILES string of the molecule is CC1(C)c2cc(N(c3ccc(-c4ccc(-c5ccccc5)cc4)cc3)c3ccc4sc5ccccc5c4c3)ccc2-c2c(-c3ccccc3)cccc21. The molecule has 2 heteroatoms. The lowest BCUT2D eigenvalue weighted by atomic mass is 9.81. The summed E-state index contributed by atoms with van der Waals surface area (Å²) < 4.78 is 2.63. The molecule has 0 radical (unpaired) electrons. The first-order valence-corrected chi connectivity index (χ1v) is 19.2. The van der Waals surface area contributed by atoms with E-state index in [1.54, 1.807) is 0 Å². The predicted molar refractivity (Wildman–Crippen MR) is 228 cm³/mol. The van der Waals surface area contributed by atoms with Gasteiger partial charge in [0.25, 0.3) is 0 Å². The van der Waals surface area contributed by atoms with Gasteiger partial charge in [-0.05, 0) is 104 Å². The first-order chi connectivity index (χ1) is 26.0. The quantitative estimate of drug-likeness (QED) is 0.167. The van der Waals surface area contributed by atoms with E-state index in [9.17, 15) is 0 Å². The summed E-state index contributed by atoms with van der Waals surface area (Å²) in [6.45, 7) is 4.75. The summed E-state index contributed by atoms with van der Waals surface area (Å²) in [5.41, 5.74) is 16.1. The number of thiophene rings is 1. The second-order valence-corrected chi connectivity index (χ2v) is 15.6. The molecule has 0 spiro atoms. The molecule has 1 aliphatic rings. The Kier molecular flexibility index (Phi) is 7.42. The van der Waals surface area contributed by atoms with E-state index >= 15 is 0 Å². The molecule has 0 aliphatic heterocycles. The Bertz CT molecular complexity index is 2780. The van der Waals surface area contributed by atoms with Gasteiger partial charge in [0.2, 0.25) is 0 Å². The number of hydrogen-bond acceptors (Lipinski definition) is 2. The minimum absolute atomic E-state index is 0.152. The lowest BCUT2D eigenvalue weighted by molar-refractivity contribution is 0.660. The van der Waals surface area contributed by atoms with E-state index < -0.39 is 0 Å². The van der Waals surface area contributed by atoms with E-state index in [0.717, 1.165) is 17.1 Å². The second-order valence-electron chi connectivity index (χ2n) is 14.6. The molecule has 0 bridgehead atoms. The van der Waals surface area contributed by atoms with E-state index in [-0.39, 0.29) is 5.41 Å². The Balaban J connectivity index is 1.10. The molecule has 0 amide bonds. The largest absolute Gasteiger partial charge is 0.310 e. The van der Waals surface area contributed by atoms with Crippen LogP contribution in [-0.2, 0) is 5.41 Å². The first-order valence-electron chi connectivity index (χ1n) is 18.3.